The minimum Gasteiger partial charge on any atom is -0.345 e. The standard InChI is InChI=1S/C14H21ClN2O.ClH/c1-4-14(5-2,17-13(18)10(3)16)11-6-8-12(15)9-7-11;/h6-10H,4-5,16H2,1-3H3,(H,17,18);1H/t10-;/m0./s1. The van der Waals surface area contributed by atoms with Gasteiger partial charge in [-0.3, -0.25) is 4.79 Å². The van der Waals surface area contributed by atoms with E-state index in [2.05, 4.69) is 19.2 Å². The molecule has 0 heterocycles. The first-order valence-electron chi connectivity index (χ1n) is 6.29. The number of nitrogens with two attached hydrogens (primary N) is 1. The molecule has 0 unspecified atom stereocenters. The summed E-state index contributed by atoms with van der Waals surface area (Å²) in [5.41, 5.74) is 6.32. The fourth-order valence-electron chi connectivity index (χ4n) is 2.03. The maximum absolute atomic E-state index is 11.9. The van der Waals surface area contributed by atoms with Crippen molar-refractivity contribution in [2.45, 2.75) is 45.2 Å². The quantitative estimate of drug-likeness (QED) is 0.877. The van der Waals surface area contributed by atoms with Gasteiger partial charge in [-0.25, -0.2) is 0 Å². The summed E-state index contributed by atoms with van der Waals surface area (Å²) in [7, 11) is 0. The summed E-state index contributed by atoms with van der Waals surface area (Å²) in [6.45, 7) is 5.80. The number of halogens is 2. The van der Waals surface area contributed by atoms with Gasteiger partial charge >= 0.3 is 0 Å². The lowest BCUT2D eigenvalue weighted by Gasteiger charge is -2.34. The molecule has 1 atom stereocenters. The molecule has 0 aromatic heterocycles. The van der Waals surface area contributed by atoms with Gasteiger partial charge in [0, 0.05) is 5.02 Å². The van der Waals surface area contributed by atoms with Crippen molar-refractivity contribution < 1.29 is 4.79 Å². The summed E-state index contributed by atoms with van der Waals surface area (Å²) < 4.78 is 0. The van der Waals surface area contributed by atoms with E-state index in [0.717, 1.165) is 18.4 Å². The number of hydrogen-bond donors (Lipinski definition) is 2. The first-order chi connectivity index (χ1) is 8.45. The zero-order valence-corrected chi connectivity index (χ0v) is 13.1. The van der Waals surface area contributed by atoms with E-state index in [1.807, 2.05) is 24.3 Å². The molecule has 0 saturated carbocycles. The molecule has 1 amide bonds. The smallest absolute Gasteiger partial charge is 0.237 e. The number of rotatable bonds is 5. The van der Waals surface area contributed by atoms with Gasteiger partial charge in [0.25, 0.3) is 0 Å². The van der Waals surface area contributed by atoms with Gasteiger partial charge in [0.15, 0.2) is 0 Å². The Balaban J connectivity index is 0.00000324. The van der Waals surface area contributed by atoms with E-state index in [0.29, 0.717) is 5.02 Å². The Morgan fingerprint density at radius 2 is 1.79 bits per heavy atom. The molecule has 108 valence electrons. The Kier molecular flexibility index (Phi) is 7.42. The average molecular weight is 305 g/mol. The van der Waals surface area contributed by atoms with Crippen LogP contribution in [0.3, 0.4) is 0 Å². The highest BCUT2D eigenvalue weighted by Crippen LogP contribution is 2.29. The monoisotopic (exact) mass is 304 g/mol. The fourth-order valence-corrected chi connectivity index (χ4v) is 2.15. The molecular weight excluding hydrogens is 283 g/mol. The lowest BCUT2D eigenvalue weighted by Crippen LogP contribution is -2.50. The molecule has 1 aromatic carbocycles. The zero-order valence-electron chi connectivity index (χ0n) is 11.6. The number of hydrogen-bond acceptors (Lipinski definition) is 2. The van der Waals surface area contributed by atoms with Gasteiger partial charge in [-0.05, 0) is 37.5 Å². The topological polar surface area (TPSA) is 55.1 Å². The van der Waals surface area contributed by atoms with E-state index in [4.69, 9.17) is 17.3 Å². The highest BCUT2D eigenvalue weighted by molar-refractivity contribution is 6.30. The van der Waals surface area contributed by atoms with Gasteiger partial charge in [0.2, 0.25) is 5.91 Å². The summed E-state index contributed by atoms with van der Waals surface area (Å²) >= 11 is 5.90. The molecule has 3 N–H and O–H groups in total. The maximum Gasteiger partial charge on any atom is 0.237 e. The van der Waals surface area contributed by atoms with Crippen LogP contribution < -0.4 is 11.1 Å². The second-order valence-corrected chi connectivity index (χ2v) is 5.01. The first kappa shape index (κ1) is 18.2. The number of carbonyl (C=O) groups is 1. The van der Waals surface area contributed by atoms with Crippen LogP contribution in [0.4, 0.5) is 0 Å². The second-order valence-electron chi connectivity index (χ2n) is 4.57. The Morgan fingerprint density at radius 1 is 1.32 bits per heavy atom. The summed E-state index contributed by atoms with van der Waals surface area (Å²) in [5, 5.41) is 3.75. The van der Waals surface area contributed by atoms with Gasteiger partial charge in [0.1, 0.15) is 0 Å². The molecule has 0 aliphatic heterocycles. The van der Waals surface area contributed by atoms with Crippen LogP contribution in [0.25, 0.3) is 0 Å². The van der Waals surface area contributed by atoms with E-state index in [-0.39, 0.29) is 23.9 Å². The Hall–Kier alpha value is -0.770. The predicted octanol–water partition coefficient (Wildman–Crippen LogP) is 3.24. The molecule has 0 saturated heterocycles. The minimum absolute atomic E-state index is 0. The number of carbonyl (C=O) groups excluding carboxylic acids is 1. The Labute approximate surface area is 126 Å². The summed E-state index contributed by atoms with van der Waals surface area (Å²) in [6.07, 6.45) is 1.62. The Bertz CT molecular complexity index is 400. The highest BCUT2D eigenvalue weighted by atomic mass is 35.5. The van der Waals surface area contributed by atoms with Crippen LogP contribution in [0.1, 0.15) is 39.2 Å². The van der Waals surface area contributed by atoms with Crippen LogP contribution in [0.15, 0.2) is 24.3 Å². The van der Waals surface area contributed by atoms with Crippen LogP contribution in [0, 0.1) is 0 Å². The molecule has 0 radical (unpaired) electrons. The van der Waals surface area contributed by atoms with E-state index in [1.165, 1.54) is 0 Å². The number of benzene rings is 1. The highest BCUT2D eigenvalue weighted by Gasteiger charge is 2.30. The van der Waals surface area contributed by atoms with E-state index in [1.54, 1.807) is 6.92 Å². The lowest BCUT2D eigenvalue weighted by atomic mass is 9.84. The molecule has 0 spiro atoms. The van der Waals surface area contributed by atoms with Crippen molar-refractivity contribution in [3.63, 3.8) is 0 Å². The zero-order chi connectivity index (χ0) is 13.8. The van der Waals surface area contributed by atoms with Crippen LogP contribution in [0.5, 0.6) is 0 Å². The predicted molar refractivity (Wildman–Crippen MR) is 82.8 cm³/mol. The van der Waals surface area contributed by atoms with Crippen molar-refractivity contribution in [1.29, 1.82) is 0 Å². The van der Waals surface area contributed by atoms with Gasteiger partial charge in [-0.2, -0.15) is 0 Å². The van der Waals surface area contributed by atoms with Crippen LogP contribution in [0.2, 0.25) is 5.02 Å². The van der Waals surface area contributed by atoms with Crippen molar-refractivity contribution in [1.82, 2.24) is 5.32 Å². The molecule has 0 fully saturated rings. The van der Waals surface area contributed by atoms with Crippen molar-refractivity contribution >= 4 is 29.9 Å². The molecule has 5 heteroatoms. The molecule has 1 aromatic rings. The third-order valence-electron chi connectivity index (χ3n) is 3.38. The molecule has 19 heavy (non-hydrogen) atoms. The van der Waals surface area contributed by atoms with Crippen molar-refractivity contribution in [3.8, 4) is 0 Å². The summed E-state index contributed by atoms with van der Waals surface area (Å²) in [6, 6.07) is 7.09. The summed E-state index contributed by atoms with van der Waals surface area (Å²) in [5.74, 6) is -0.131. The fraction of sp³-hybridized carbons (Fsp3) is 0.500. The van der Waals surface area contributed by atoms with E-state index in [9.17, 15) is 4.79 Å². The summed E-state index contributed by atoms with van der Waals surface area (Å²) in [4.78, 5) is 11.9. The Morgan fingerprint density at radius 3 is 2.16 bits per heavy atom. The van der Waals surface area contributed by atoms with Crippen LogP contribution >= 0.6 is 24.0 Å². The van der Waals surface area contributed by atoms with E-state index < -0.39 is 6.04 Å². The van der Waals surface area contributed by atoms with Gasteiger partial charge in [-0.1, -0.05) is 37.6 Å². The third kappa shape index (κ3) is 4.37. The van der Waals surface area contributed by atoms with Crippen molar-refractivity contribution in [2.24, 2.45) is 5.73 Å². The third-order valence-corrected chi connectivity index (χ3v) is 3.63. The minimum atomic E-state index is -0.505. The lowest BCUT2D eigenvalue weighted by molar-refractivity contribution is -0.124. The van der Waals surface area contributed by atoms with Crippen molar-refractivity contribution in [3.05, 3.63) is 34.9 Å². The number of nitrogens with one attached hydrogen (secondary N) is 1. The van der Waals surface area contributed by atoms with Crippen molar-refractivity contribution in [2.75, 3.05) is 0 Å². The molecular formula is C14H22Cl2N2O. The second kappa shape index (κ2) is 7.73. The average Bonchev–Trinajstić information content (AvgIpc) is 2.36. The molecule has 1 rings (SSSR count). The normalized spacial score (nSPS) is 12.5. The molecule has 0 bridgehead atoms. The van der Waals surface area contributed by atoms with Crippen LogP contribution in [-0.4, -0.2) is 11.9 Å². The van der Waals surface area contributed by atoms with Gasteiger partial charge in [0.05, 0.1) is 11.6 Å². The number of amides is 1. The van der Waals surface area contributed by atoms with Gasteiger partial charge < -0.3 is 11.1 Å². The van der Waals surface area contributed by atoms with Gasteiger partial charge in [-0.15, -0.1) is 12.4 Å². The molecule has 3 nitrogen and oxygen atoms in total. The van der Waals surface area contributed by atoms with Crippen LogP contribution in [-0.2, 0) is 10.3 Å². The maximum atomic E-state index is 11.9. The van der Waals surface area contributed by atoms with E-state index >= 15 is 0 Å². The molecule has 0 aliphatic carbocycles. The SMILES string of the molecule is CCC(CC)(NC(=O)[C@H](C)N)c1ccc(Cl)cc1.Cl. The first-order valence-corrected chi connectivity index (χ1v) is 6.66. The largest absolute Gasteiger partial charge is 0.345 e. The molecule has 0 aliphatic rings.